The van der Waals surface area contributed by atoms with Crippen molar-refractivity contribution < 1.29 is 9.13 Å². The maximum atomic E-state index is 12.5. The molecule has 1 aliphatic heterocycles. The van der Waals surface area contributed by atoms with E-state index in [2.05, 4.69) is 10.3 Å². The molecule has 0 aromatic carbocycles. The van der Waals surface area contributed by atoms with Crippen molar-refractivity contribution in [1.82, 2.24) is 4.98 Å². The summed E-state index contributed by atoms with van der Waals surface area (Å²) in [6.07, 6.45) is 4.91. The molecule has 0 bridgehead atoms. The van der Waals surface area contributed by atoms with Crippen molar-refractivity contribution in [3.8, 4) is 0 Å². The summed E-state index contributed by atoms with van der Waals surface area (Å²) >= 11 is 0. The van der Waals surface area contributed by atoms with Gasteiger partial charge in [-0.3, -0.25) is 0 Å². The highest BCUT2D eigenvalue weighted by Gasteiger charge is 2.14. The molecule has 1 N–H and O–H groups in total. The van der Waals surface area contributed by atoms with Crippen LogP contribution in [0.3, 0.4) is 0 Å². The average Bonchev–Trinajstić information content (AvgIpc) is 2.74. The van der Waals surface area contributed by atoms with Gasteiger partial charge >= 0.3 is 0 Å². The highest BCUT2D eigenvalue weighted by atomic mass is 19.1. The normalized spacial score (nSPS) is 20.5. The molecule has 15 heavy (non-hydrogen) atoms. The van der Waals surface area contributed by atoms with E-state index in [1.807, 2.05) is 0 Å². The Morgan fingerprint density at radius 1 is 1.53 bits per heavy atom. The van der Waals surface area contributed by atoms with Crippen LogP contribution in [0.15, 0.2) is 18.3 Å². The molecule has 2 heterocycles. The first-order valence-corrected chi connectivity index (χ1v) is 5.31. The number of hydrogen-bond donors (Lipinski definition) is 1. The zero-order valence-electron chi connectivity index (χ0n) is 8.58. The summed E-state index contributed by atoms with van der Waals surface area (Å²) < 4.78 is 18.0. The number of nitrogens with one attached hydrogen (secondary N) is 1. The first-order valence-electron chi connectivity index (χ1n) is 5.31. The van der Waals surface area contributed by atoms with Crippen LogP contribution < -0.4 is 5.32 Å². The minimum Gasteiger partial charge on any atom is -0.378 e. The van der Waals surface area contributed by atoms with Gasteiger partial charge in [-0.15, -0.1) is 0 Å². The minimum absolute atomic E-state index is 0.306. The van der Waals surface area contributed by atoms with E-state index in [4.69, 9.17) is 4.74 Å². The van der Waals surface area contributed by atoms with E-state index in [-0.39, 0.29) is 5.82 Å². The SMILES string of the molecule is Fc1ccc(NCCC2CCCO2)nc1. The van der Waals surface area contributed by atoms with E-state index < -0.39 is 0 Å². The van der Waals surface area contributed by atoms with Crippen LogP contribution >= 0.6 is 0 Å². The fourth-order valence-electron chi connectivity index (χ4n) is 1.71. The molecule has 82 valence electrons. The molecule has 1 unspecified atom stereocenters. The second-order valence-corrected chi connectivity index (χ2v) is 3.71. The molecule has 0 radical (unpaired) electrons. The third-order valence-electron chi connectivity index (χ3n) is 2.52. The Kier molecular flexibility index (Phi) is 3.50. The van der Waals surface area contributed by atoms with Crippen molar-refractivity contribution >= 4 is 5.82 Å². The maximum absolute atomic E-state index is 12.5. The number of anilines is 1. The highest BCUT2D eigenvalue weighted by Crippen LogP contribution is 2.15. The molecule has 1 aromatic rings. The highest BCUT2D eigenvalue weighted by molar-refractivity contribution is 5.33. The summed E-state index contributed by atoms with van der Waals surface area (Å²) in [5.74, 6) is 0.411. The zero-order valence-corrected chi connectivity index (χ0v) is 8.58. The molecule has 3 nitrogen and oxygen atoms in total. The van der Waals surface area contributed by atoms with Gasteiger partial charge in [-0.25, -0.2) is 9.37 Å². The maximum Gasteiger partial charge on any atom is 0.141 e. The summed E-state index contributed by atoms with van der Waals surface area (Å²) in [5.41, 5.74) is 0. The van der Waals surface area contributed by atoms with Crippen molar-refractivity contribution in [2.75, 3.05) is 18.5 Å². The largest absolute Gasteiger partial charge is 0.378 e. The van der Waals surface area contributed by atoms with Crippen LogP contribution in [-0.2, 0) is 4.74 Å². The summed E-state index contributed by atoms with van der Waals surface area (Å²) in [6.45, 7) is 1.71. The summed E-state index contributed by atoms with van der Waals surface area (Å²) in [6, 6.07) is 3.05. The lowest BCUT2D eigenvalue weighted by Gasteiger charge is -2.10. The summed E-state index contributed by atoms with van der Waals surface area (Å²) in [7, 11) is 0. The Balaban J connectivity index is 1.71. The van der Waals surface area contributed by atoms with Crippen LogP contribution in [0.5, 0.6) is 0 Å². The van der Waals surface area contributed by atoms with Crippen LogP contribution in [0, 0.1) is 5.82 Å². The monoisotopic (exact) mass is 210 g/mol. The molecule has 0 spiro atoms. The van der Waals surface area contributed by atoms with Gasteiger partial charge in [-0.05, 0) is 31.4 Å². The standard InChI is InChI=1S/C11H15FN2O/c12-9-3-4-11(14-8-9)13-6-5-10-2-1-7-15-10/h3-4,8,10H,1-2,5-7H2,(H,13,14). The molecule has 1 fully saturated rings. The Bertz CT molecular complexity index is 296. The van der Waals surface area contributed by atoms with Gasteiger partial charge in [0, 0.05) is 13.2 Å². The van der Waals surface area contributed by atoms with E-state index in [1.54, 1.807) is 6.07 Å². The number of ether oxygens (including phenoxy) is 1. The zero-order chi connectivity index (χ0) is 10.5. The Morgan fingerprint density at radius 2 is 2.47 bits per heavy atom. The van der Waals surface area contributed by atoms with E-state index in [1.165, 1.54) is 18.7 Å². The molecular formula is C11H15FN2O. The van der Waals surface area contributed by atoms with E-state index >= 15 is 0 Å². The van der Waals surface area contributed by atoms with Crippen molar-refractivity contribution in [3.63, 3.8) is 0 Å². The van der Waals surface area contributed by atoms with E-state index in [0.29, 0.717) is 6.10 Å². The predicted octanol–water partition coefficient (Wildman–Crippen LogP) is 2.20. The van der Waals surface area contributed by atoms with E-state index in [0.717, 1.165) is 31.8 Å². The third-order valence-corrected chi connectivity index (χ3v) is 2.52. The van der Waals surface area contributed by atoms with Gasteiger partial charge in [0.2, 0.25) is 0 Å². The van der Waals surface area contributed by atoms with Gasteiger partial charge in [0.15, 0.2) is 0 Å². The first-order chi connectivity index (χ1) is 7.34. The summed E-state index contributed by atoms with van der Waals surface area (Å²) in [5, 5.41) is 3.14. The van der Waals surface area contributed by atoms with Gasteiger partial charge in [0.1, 0.15) is 11.6 Å². The molecule has 0 amide bonds. The molecule has 1 atom stereocenters. The number of hydrogen-bond acceptors (Lipinski definition) is 3. The van der Waals surface area contributed by atoms with Crippen LogP contribution in [0.2, 0.25) is 0 Å². The lowest BCUT2D eigenvalue weighted by Crippen LogP contribution is -2.12. The first kappa shape index (κ1) is 10.4. The van der Waals surface area contributed by atoms with Crippen LogP contribution in [0.1, 0.15) is 19.3 Å². The van der Waals surface area contributed by atoms with Gasteiger partial charge in [0.25, 0.3) is 0 Å². The van der Waals surface area contributed by atoms with E-state index in [9.17, 15) is 4.39 Å². The lowest BCUT2D eigenvalue weighted by atomic mass is 10.2. The van der Waals surface area contributed by atoms with Crippen molar-refractivity contribution in [3.05, 3.63) is 24.1 Å². The van der Waals surface area contributed by atoms with Crippen LogP contribution in [0.4, 0.5) is 10.2 Å². The second-order valence-electron chi connectivity index (χ2n) is 3.71. The van der Waals surface area contributed by atoms with Crippen molar-refractivity contribution in [2.45, 2.75) is 25.4 Å². The fourth-order valence-corrected chi connectivity index (χ4v) is 1.71. The smallest absolute Gasteiger partial charge is 0.141 e. The van der Waals surface area contributed by atoms with Gasteiger partial charge in [-0.1, -0.05) is 0 Å². The number of halogens is 1. The number of aromatic nitrogens is 1. The summed E-state index contributed by atoms with van der Waals surface area (Å²) in [4.78, 5) is 3.92. The van der Waals surface area contributed by atoms with Gasteiger partial charge < -0.3 is 10.1 Å². The topological polar surface area (TPSA) is 34.1 Å². The Hall–Kier alpha value is -1.16. The molecule has 4 heteroatoms. The Morgan fingerprint density at radius 3 is 3.13 bits per heavy atom. The third kappa shape index (κ3) is 3.16. The van der Waals surface area contributed by atoms with Gasteiger partial charge in [-0.2, -0.15) is 0 Å². The lowest BCUT2D eigenvalue weighted by molar-refractivity contribution is 0.107. The average molecular weight is 210 g/mol. The minimum atomic E-state index is -0.306. The predicted molar refractivity (Wildman–Crippen MR) is 56.3 cm³/mol. The number of pyridine rings is 1. The molecular weight excluding hydrogens is 195 g/mol. The molecule has 1 saturated heterocycles. The Labute approximate surface area is 88.7 Å². The molecule has 0 saturated carbocycles. The molecule has 1 aromatic heterocycles. The van der Waals surface area contributed by atoms with Crippen LogP contribution in [-0.4, -0.2) is 24.2 Å². The fraction of sp³-hybridized carbons (Fsp3) is 0.545. The second kappa shape index (κ2) is 5.07. The van der Waals surface area contributed by atoms with Crippen LogP contribution in [0.25, 0.3) is 0 Å². The molecule has 1 aliphatic rings. The van der Waals surface area contributed by atoms with Gasteiger partial charge in [0.05, 0.1) is 12.3 Å². The van der Waals surface area contributed by atoms with Crippen molar-refractivity contribution in [1.29, 1.82) is 0 Å². The number of nitrogens with zero attached hydrogens (tertiary/aromatic N) is 1. The quantitative estimate of drug-likeness (QED) is 0.827. The molecule has 2 rings (SSSR count). The molecule has 0 aliphatic carbocycles. The van der Waals surface area contributed by atoms with Crippen molar-refractivity contribution in [2.24, 2.45) is 0 Å². The number of rotatable bonds is 4.